The van der Waals surface area contributed by atoms with Crippen LogP contribution in [0.3, 0.4) is 0 Å². The minimum Gasteiger partial charge on any atom is -0.298 e. The van der Waals surface area contributed by atoms with E-state index in [-0.39, 0.29) is 0 Å². The van der Waals surface area contributed by atoms with Gasteiger partial charge in [-0.25, -0.2) is 5.84 Å². The largest absolute Gasteiger partial charge is 0.298 e. The summed E-state index contributed by atoms with van der Waals surface area (Å²) in [5.41, 5.74) is 2.55. The lowest BCUT2D eigenvalue weighted by molar-refractivity contribution is 0.235. The van der Waals surface area contributed by atoms with Crippen molar-refractivity contribution in [1.29, 1.82) is 0 Å². The molecule has 1 heterocycles. The number of anilines is 1. The Balaban J connectivity index is 2.51. The molecule has 0 spiro atoms. The van der Waals surface area contributed by atoms with Crippen LogP contribution < -0.4 is 11.3 Å². The van der Waals surface area contributed by atoms with Crippen LogP contribution in [-0.2, 0) is 6.54 Å². The van der Waals surface area contributed by atoms with Crippen LogP contribution >= 0.6 is 11.3 Å². The Kier molecular flexibility index (Phi) is 7.27. The van der Waals surface area contributed by atoms with Crippen molar-refractivity contribution in [2.24, 2.45) is 17.7 Å². The summed E-state index contributed by atoms with van der Waals surface area (Å²) in [6.45, 7) is 12.2. The summed E-state index contributed by atoms with van der Waals surface area (Å²) in [7, 11) is 0. The third kappa shape index (κ3) is 6.84. The molecule has 19 heavy (non-hydrogen) atoms. The standard InChI is InChI=1S/C13H27N5S/c1-10(2)5-7-18(8-6-11(3)4)9-12-16-17-13(15-14)19-12/h10-11H,5-9,14H2,1-4H3,(H,15,17). The number of rotatable bonds is 9. The van der Waals surface area contributed by atoms with Crippen molar-refractivity contribution in [3.8, 4) is 0 Å². The van der Waals surface area contributed by atoms with Crippen LogP contribution in [0.15, 0.2) is 0 Å². The molecule has 1 aromatic heterocycles. The summed E-state index contributed by atoms with van der Waals surface area (Å²) < 4.78 is 0. The van der Waals surface area contributed by atoms with Crippen molar-refractivity contribution in [2.45, 2.75) is 47.1 Å². The van der Waals surface area contributed by atoms with E-state index in [0.717, 1.165) is 36.5 Å². The van der Waals surface area contributed by atoms with Gasteiger partial charge in [0.05, 0.1) is 6.54 Å². The van der Waals surface area contributed by atoms with Gasteiger partial charge < -0.3 is 0 Å². The monoisotopic (exact) mass is 285 g/mol. The van der Waals surface area contributed by atoms with Crippen molar-refractivity contribution in [3.63, 3.8) is 0 Å². The molecule has 0 amide bonds. The first-order valence-electron chi connectivity index (χ1n) is 7.02. The van der Waals surface area contributed by atoms with Gasteiger partial charge in [-0.15, -0.1) is 10.2 Å². The van der Waals surface area contributed by atoms with Gasteiger partial charge in [0.15, 0.2) is 0 Å². The molecular formula is C13H27N5S. The Hall–Kier alpha value is -0.720. The number of nitrogens with one attached hydrogen (secondary N) is 1. The molecule has 0 radical (unpaired) electrons. The van der Waals surface area contributed by atoms with E-state index in [1.807, 2.05) is 0 Å². The van der Waals surface area contributed by atoms with Gasteiger partial charge in [0, 0.05) is 0 Å². The Morgan fingerprint density at radius 1 is 1.11 bits per heavy atom. The van der Waals surface area contributed by atoms with Gasteiger partial charge in [-0.3, -0.25) is 10.3 Å². The molecule has 1 rings (SSSR count). The summed E-state index contributed by atoms with van der Waals surface area (Å²) >= 11 is 1.53. The zero-order chi connectivity index (χ0) is 14.3. The van der Waals surface area contributed by atoms with E-state index < -0.39 is 0 Å². The van der Waals surface area contributed by atoms with Crippen LogP contribution in [0.1, 0.15) is 45.5 Å². The normalized spacial score (nSPS) is 11.8. The van der Waals surface area contributed by atoms with E-state index in [0.29, 0.717) is 5.13 Å². The fraction of sp³-hybridized carbons (Fsp3) is 0.846. The predicted octanol–water partition coefficient (Wildman–Crippen LogP) is 2.72. The van der Waals surface area contributed by atoms with E-state index in [2.05, 4.69) is 48.2 Å². The van der Waals surface area contributed by atoms with E-state index in [4.69, 9.17) is 5.84 Å². The highest BCUT2D eigenvalue weighted by atomic mass is 32.1. The average molecular weight is 285 g/mol. The van der Waals surface area contributed by atoms with Crippen molar-refractivity contribution in [1.82, 2.24) is 15.1 Å². The number of nitrogens with zero attached hydrogens (tertiary/aromatic N) is 3. The maximum Gasteiger partial charge on any atom is 0.219 e. The van der Waals surface area contributed by atoms with E-state index >= 15 is 0 Å². The summed E-state index contributed by atoms with van der Waals surface area (Å²) in [4.78, 5) is 2.47. The molecule has 3 N–H and O–H groups in total. The molecule has 6 heteroatoms. The van der Waals surface area contributed by atoms with Crippen LogP contribution in [0, 0.1) is 11.8 Å². The zero-order valence-corrected chi connectivity index (χ0v) is 13.3. The molecule has 0 aliphatic carbocycles. The van der Waals surface area contributed by atoms with Crippen molar-refractivity contribution < 1.29 is 0 Å². The molecule has 0 bridgehead atoms. The zero-order valence-electron chi connectivity index (χ0n) is 12.5. The number of nitrogen functional groups attached to an aromatic ring is 1. The molecule has 0 saturated heterocycles. The highest BCUT2D eigenvalue weighted by molar-refractivity contribution is 7.15. The summed E-state index contributed by atoms with van der Waals surface area (Å²) in [6, 6.07) is 0. The highest BCUT2D eigenvalue weighted by Gasteiger charge is 2.11. The molecule has 0 aliphatic rings. The Labute approximate surface area is 120 Å². The number of hydrogen-bond acceptors (Lipinski definition) is 6. The van der Waals surface area contributed by atoms with E-state index in [9.17, 15) is 0 Å². The summed E-state index contributed by atoms with van der Waals surface area (Å²) in [5.74, 6) is 6.80. The number of aromatic nitrogens is 2. The fourth-order valence-electron chi connectivity index (χ4n) is 1.72. The lowest BCUT2D eigenvalue weighted by Gasteiger charge is -2.22. The minimum absolute atomic E-state index is 0.683. The third-order valence-electron chi connectivity index (χ3n) is 2.99. The first kappa shape index (κ1) is 16.3. The molecule has 0 aromatic carbocycles. The molecule has 5 nitrogen and oxygen atoms in total. The number of hydrogen-bond donors (Lipinski definition) is 2. The van der Waals surface area contributed by atoms with Crippen molar-refractivity contribution in [3.05, 3.63) is 5.01 Å². The van der Waals surface area contributed by atoms with Crippen molar-refractivity contribution in [2.75, 3.05) is 18.5 Å². The van der Waals surface area contributed by atoms with Gasteiger partial charge in [-0.2, -0.15) is 0 Å². The molecule has 0 atom stereocenters. The third-order valence-corrected chi connectivity index (χ3v) is 3.83. The Morgan fingerprint density at radius 3 is 2.11 bits per heavy atom. The summed E-state index contributed by atoms with van der Waals surface area (Å²) in [5, 5.41) is 9.86. The van der Waals surface area contributed by atoms with Crippen LogP contribution in [0.4, 0.5) is 5.13 Å². The molecule has 0 saturated carbocycles. The molecule has 0 aliphatic heterocycles. The van der Waals surface area contributed by atoms with E-state index in [1.54, 1.807) is 0 Å². The van der Waals surface area contributed by atoms with Gasteiger partial charge in [-0.1, -0.05) is 39.0 Å². The SMILES string of the molecule is CC(C)CCN(CCC(C)C)Cc1nnc(NN)s1. The van der Waals surface area contributed by atoms with Crippen LogP contribution in [0.2, 0.25) is 0 Å². The van der Waals surface area contributed by atoms with Gasteiger partial charge >= 0.3 is 0 Å². The molecule has 1 aromatic rings. The molecule has 0 unspecified atom stereocenters. The minimum atomic E-state index is 0.683. The number of hydrazine groups is 1. The van der Waals surface area contributed by atoms with Gasteiger partial charge in [0.1, 0.15) is 5.01 Å². The van der Waals surface area contributed by atoms with Crippen molar-refractivity contribution >= 4 is 16.5 Å². The number of nitrogens with two attached hydrogens (primary N) is 1. The summed E-state index contributed by atoms with van der Waals surface area (Å²) in [6.07, 6.45) is 2.44. The van der Waals surface area contributed by atoms with Gasteiger partial charge in [-0.05, 0) is 37.8 Å². The lowest BCUT2D eigenvalue weighted by atomic mass is 10.1. The maximum absolute atomic E-state index is 5.34. The molecule has 0 fully saturated rings. The maximum atomic E-state index is 5.34. The van der Waals surface area contributed by atoms with Crippen LogP contribution in [0.25, 0.3) is 0 Å². The fourth-order valence-corrected chi connectivity index (χ4v) is 2.41. The second kappa shape index (κ2) is 8.45. The highest BCUT2D eigenvalue weighted by Crippen LogP contribution is 2.17. The van der Waals surface area contributed by atoms with E-state index in [1.165, 1.54) is 24.2 Å². The first-order valence-corrected chi connectivity index (χ1v) is 7.84. The Bertz CT molecular complexity index is 339. The van der Waals surface area contributed by atoms with Crippen LogP contribution in [-0.4, -0.2) is 28.2 Å². The second-order valence-electron chi connectivity index (χ2n) is 5.79. The smallest absolute Gasteiger partial charge is 0.219 e. The van der Waals surface area contributed by atoms with Gasteiger partial charge in [0.2, 0.25) is 5.13 Å². The van der Waals surface area contributed by atoms with Gasteiger partial charge in [0.25, 0.3) is 0 Å². The Morgan fingerprint density at radius 2 is 1.68 bits per heavy atom. The molecular weight excluding hydrogens is 258 g/mol. The average Bonchev–Trinajstić information content (AvgIpc) is 2.80. The first-order chi connectivity index (χ1) is 9.01. The quantitative estimate of drug-likeness (QED) is 0.539. The second-order valence-corrected chi connectivity index (χ2v) is 6.85. The lowest BCUT2D eigenvalue weighted by Crippen LogP contribution is -2.27. The predicted molar refractivity (Wildman–Crippen MR) is 81.9 cm³/mol. The molecule has 110 valence electrons. The van der Waals surface area contributed by atoms with Crippen LogP contribution in [0.5, 0.6) is 0 Å². The topological polar surface area (TPSA) is 67.1 Å².